The van der Waals surface area contributed by atoms with Gasteiger partial charge in [-0.25, -0.2) is 0 Å². The van der Waals surface area contributed by atoms with Crippen molar-refractivity contribution in [2.75, 3.05) is 0 Å². The van der Waals surface area contributed by atoms with E-state index in [1.54, 1.807) is 18.2 Å². The molecule has 5 heteroatoms. The maximum atomic E-state index is 12.6. The summed E-state index contributed by atoms with van der Waals surface area (Å²) in [5.74, 6) is -0.868. The van der Waals surface area contributed by atoms with E-state index in [9.17, 15) is 9.59 Å². The molecule has 0 radical (unpaired) electrons. The molecule has 1 aliphatic rings. The van der Waals surface area contributed by atoms with Gasteiger partial charge in [0, 0.05) is 11.1 Å². The van der Waals surface area contributed by atoms with Crippen LogP contribution >= 0.6 is 11.6 Å². The third-order valence-corrected chi connectivity index (χ3v) is 3.62. The van der Waals surface area contributed by atoms with Gasteiger partial charge in [-0.2, -0.15) is 0 Å². The van der Waals surface area contributed by atoms with E-state index in [1.807, 2.05) is 12.1 Å². The van der Waals surface area contributed by atoms with Crippen LogP contribution in [0.2, 0.25) is 5.02 Å². The van der Waals surface area contributed by atoms with Crippen molar-refractivity contribution in [1.29, 1.82) is 0 Å². The summed E-state index contributed by atoms with van der Waals surface area (Å²) in [6.45, 7) is 0.257. The van der Waals surface area contributed by atoms with Gasteiger partial charge in [0.05, 0.1) is 17.0 Å². The number of rotatable bonds is 2. The summed E-state index contributed by atoms with van der Waals surface area (Å²) in [6.07, 6.45) is -0.193. The van der Waals surface area contributed by atoms with E-state index in [0.29, 0.717) is 22.4 Å². The van der Waals surface area contributed by atoms with E-state index in [-0.39, 0.29) is 23.8 Å². The largest absolute Gasteiger partial charge is 0.487 e. The third-order valence-electron chi connectivity index (χ3n) is 3.34. The molecule has 2 aromatic carbocycles. The third kappa shape index (κ3) is 2.50. The molecular weight excluding hydrogens is 292 g/mol. The summed E-state index contributed by atoms with van der Waals surface area (Å²) in [5, 5.41) is 9.14. The summed E-state index contributed by atoms with van der Waals surface area (Å²) < 4.78 is 5.64. The highest BCUT2D eigenvalue weighted by Gasteiger charge is 2.24. The molecule has 0 aromatic heterocycles. The Morgan fingerprint density at radius 2 is 2.00 bits per heavy atom. The van der Waals surface area contributed by atoms with Crippen molar-refractivity contribution >= 4 is 23.4 Å². The van der Waals surface area contributed by atoms with Crippen LogP contribution in [0.15, 0.2) is 36.4 Å². The molecule has 4 nitrogen and oxygen atoms in total. The molecule has 0 saturated carbocycles. The molecule has 0 saturated heterocycles. The van der Waals surface area contributed by atoms with Crippen LogP contribution in [-0.4, -0.2) is 16.9 Å². The van der Waals surface area contributed by atoms with Gasteiger partial charge in [-0.1, -0.05) is 35.9 Å². The van der Waals surface area contributed by atoms with Crippen molar-refractivity contribution in [3.05, 3.63) is 63.7 Å². The van der Waals surface area contributed by atoms with Crippen molar-refractivity contribution in [3.63, 3.8) is 0 Å². The molecule has 0 atom stereocenters. The van der Waals surface area contributed by atoms with Crippen molar-refractivity contribution in [1.82, 2.24) is 0 Å². The second kappa shape index (κ2) is 5.22. The molecule has 0 amide bonds. The van der Waals surface area contributed by atoms with E-state index in [2.05, 4.69) is 0 Å². The highest BCUT2D eigenvalue weighted by Crippen LogP contribution is 2.35. The lowest BCUT2D eigenvalue weighted by atomic mass is 9.97. The van der Waals surface area contributed by atoms with Gasteiger partial charge in [0.25, 0.3) is 0 Å². The van der Waals surface area contributed by atoms with Gasteiger partial charge in [-0.15, -0.1) is 0 Å². The fraction of sp³-hybridized carbons (Fsp3) is 0.125. The SMILES string of the molecule is O=C(O)Cc1cc(Cl)c2c(c1)C(=O)c1ccccc1CO2. The average molecular weight is 303 g/mol. The molecule has 1 heterocycles. The van der Waals surface area contributed by atoms with E-state index in [1.165, 1.54) is 6.07 Å². The molecule has 1 N–H and O–H groups in total. The quantitative estimate of drug-likeness (QED) is 0.926. The number of halogens is 1. The lowest BCUT2D eigenvalue weighted by Gasteiger charge is -2.10. The summed E-state index contributed by atoms with van der Waals surface area (Å²) >= 11 is 6.14. The summed E-state index contributed by atoms with van der Waals surface area (Å²) in [5.41, 5.74) is 2.13. The lowest BCUT2D eigenvalue weighted by molar-refractivity contribution is -0.136. The van der Waals surface area contributed by atoms with E-state index < -0.39 is 5.97 Å². The topological polar surface area (TPSA) is 63.6 Å². The van der Waals surface area contributed by atoms with Gasteiger partial charge in [0.15, 0.2) is 5.78 Å². The number of ether oxygens (including phenoxy) is 1. The van der Waals surface area contributed by atoms with Crippen LogP contribution in [0.3, 0.4) is 0 Å². The number of carboxylic acid groups (broad SMARTS) is 1. The monoisotopic (exact) mass is 302 g/mol. The summed E-state index contributed by atoms with van der Waals surface area (Å²) in [4.78, 5) is 23.5. The second-order valence-corrected chi connectivity index (χ2v) is 5.21. The van der Waals surface area contributed by atoms with Gasteiger partial charge < -0.3 is 9.84 Å². The molecule has 0 fully saturated rings. The highest BCUT2D eigenvalue weighted by molar-refractivity contribution is 6.33. The second-order valence-electron chi connectivity index (χ2n) is 4.80. The zero-order valence-electron chi connectivity index (χ0n) is 10.9. The zero-order chi connectivity index (χ0) is 15.0. The van der Waals surface area contributed by atoms with Crippen LogP contribution in [-0.2, 0) is 17.8 Å². The van der Waals surface area contributed by atoms with E-state index >= 15 is 0 Å². The number of hydrogen-bond donors (Lipinski definition) is 1. The predicted molar refractivity (Wildman–Crippen MR) is 77.0 cm³/mol. The van der Waals surface area contributed by atoms with Gasteiger partial charge in [-0.05, 0) is 17.7 Å². The Labute approximate surface area is 125 Å². The van der Waals surface area contributed by atoms with Gasteiger partial charge in [-0.3, -0.25) is 9.59 Å². The smallest absolute Gasteiger partial charge is 0.307 e. The normalized spacial score (nSPS) is 12.9. The minimum Gasteiger partial charge on any atom is -0.487 e. The average Bonchev–Trinajstić information content (AvgIpc) is 2.57. The van der Waals surface area contributed by atoms with Crippen molar-refractivity contribution < 1.29 is 19.4 Å². The Kier molecular flexibility index (Phi) is 3.39. The van der Waals surface area contributed by atoms with E-state index in [0.717, 1.165) is 5.56 Å². The standard InChI is InChI=1S/C16H11ClO4/c17-13-6-9(7-14(18)19)5-12-15(20)11-4-2-1-3-10(11)8-21-16(12)13/h1-6H,7-8H2,(H,18,19). The van der Waals surface area contributed by atoms with Gasteiger partial charge in [0.1, 0.15) is 12.4 Å². The summed E-state index contributed by atoms with van der Waals surface area (Å²) in [6, 6.07) is 10.2. The highest BCUT2D eigenvalue weighted by atomic mass is 35.5. The fourth-order valence-corrected chi connectivity index (χ4v) is 2.70. The van der Waals surface area contributed by atoms with Crippen molar-refractivity contribution in [2.24, 2.45) is 0 Å². The molecule has 3 rings (SSSR count). The van der Waals surface area contributed by atoms with E-state index in [4.69, 9.17) is 21.4 Å². The molecule has 106 valence electrons. The Balaban J connectivity index is 2.15. The Morgan fingerprint density at radius 3 is 2.76 bits per heavy atom. The lowest BCUT2D eigenvalue weighted by Crippen LogP contribution is -2.06. The number of carboxylic acids is 1. The minimum atomic E-state index is -0.978. The van der Waals surface area contributed by atoms with Crippen LogP contribution in [0.5, 0.6) is 5.75 Å². The number of ketones is 1. The number of benzene rings is 2. The molecule has 21 heavy (non-hydrogen) atoms. The number of carbonyl (C=O) groups is 2. The first-order valence-corrected chi connectivity index (χ1v) is 6.73. The maximum absolute atomic E-state index is 12.6. The van der Waals surface area contributed by atoms with Crippen LogP contribution in [0, 0.1) is 0 Å². The maximum Gasteiger partial charge on any atom is 0.307 e. The van der Waals surface area contributed by atoms with Gasteiger partial charge in [0.2, 0.25) is 0 Å². The molecule has 0 bridgehead atoms. The molecule has 1 aliphatic heterocycles. The Hall–Kier alpha value is -2.33. The Morgan fingerprint density at radius 1 is 1.24 bits per heavy atom. The first-order chi connectivity index (χ1) is 10.1. The van der Waals surface area contributed by atoms with Crippen molar-refractivity contribution in [2.45, 2.75) is 13.0 Å². The first kappa shape index (κ1) is 13.6. The molecule has 0 aliphatic carbocycles. The Bertz CT molecular complexity index is 752. The fourth-order valence-electron chi connectivity index (χ4n) is 2.40. The van der Waals surface area contributed by atoms with Crippen LogP contribution < -0.4 is 4.74 Å². The molecule has 0 unspecified atom stereocenters. The summed E-state index contributed by atoms with van der Waals surface area (Å²) in [7, 11) is 0. The molecular formula is C16H11ClO4. The molecule has 2 aromatic rings. The zero-order valence-corrected chi connectivity index (χ0v) is 11.7. The number of fused-ring (bicyclic) bond motifs is 2. The van der Waals surface area contributed by atoms with Crippen molar-refractivity contribution in [3.8, 4) is 5.75 Å². The van der Waals surface area contributed by atoms with Crippen LogP contribution in [0.25, 0.3) is 0 Å². The van der Waals surface area contributed by atoms with Crippen LogP contribution in [0.4, 0.5) is 0 Å². The number of aliphatic carboxylic acids is 1. The first-order valence-electron chi connectivity index (χ1n) is 6.36. The molecule has 0 spiro atoms. The van der Waals surface area contributed by atoms with Crippen LogP contribution in [0.1, 0.15) is 27.0 Å². The predicted octanol–water partition coefficient (Wildman–Crippen LogP) is 3.09. The minimum absolute atomic E-state index is 0.193. The number of hydrogen-bond acceptors (Lipinski definition) is 3. The van der Waals surface area contributed by atoms with Gasteiger partial charge >= 0.3 is 5.97 Å². The number of carbonyl (C=O) groups excluding carboxylic acids is 1.